The topological polar surface area (TPSA) is 162 Å². The maximum Gasteiger partial charge on any atom is 0.308 e. The van der Waals surface area contributed by atoms with Gasteiger partial charge in [-0.1, -0.05) is 27.7 Å². The minimum absolute atomic E-state index is 0.0244. The first-order chi connectivity index (χ1) is 15.8. The van der Waals surface area contributed by atoms with Crippen molar-refractivity contribution in [2.45, 2.75) is 51.6 Å². The van der Waals surface area contributed by atoms with Gasteiger partial charge in [0.1, 0.15) is 36.7 Å². The van der Waals surface area contributed by atoms with Crippen LogP contribution in [-0.4, -0.2) is 56.5 Å². The third-order valence-corrected chi connectivity index (χ3v) is 4.75. The Labute approximate surface area is 182 Å². The van der Waals surface area contributed by atoms with Crippen LogP contribution in [0.3, 0.4) is 0 Å². The van der Waals surface area contributed by atoms with Gasteiger partial charge in [-0.05, 0) is 12.1 Å². The highest BCUT2D eigenvalue weighted by molar-refractivity contribution is 5.72. The molecule has 3 N–H and O–H groups in total. The summed E-state index contributed by atoms with van der Waals surface area (Å²) in [5.74, 6) is -3.14. The Kier molecular flexibility index (Phi) is 5.07. The standard InChI is InChI=1S/C20H25N5O6/c1-10(2)18(27)29-7-13-15(30-19(28)11(3)4)16(26)20(8-21,31-13)14-6-5-12-17(22)23-9-24-25(12)14/h5-6,9-11,13,15-16,26H,7H2,1-4H3,(H2,22,23,24)/t13-,15-,16-,20+/m1/s1/i5D,7D2. The van der Waals surface area contributed by atoms with Crippen molar-refractivity contribution in [3.8, 4) is 6.07 Å². The summed E-state index contributed by atoms with van der Waals surface area (Å²) in [6.45, 7) is 3.12. The molecule has 3 heterocycles. The minimum atomic E-state index is -2.91. The van der Waals surface area contributed by atoms with Crippen molar-refractivity contribution in [2.24, 2.45) is 11.8 Å². The number of hydrogen-bond acceptors (Lipinski definition) is 10. The molecule has 3 rings (SSSR count). The van der Waals surface area contributed by atoms with E-state index >= 15 is 0 Å². The highest BCUT2D eigenvalue weighted by Gasteiger charge is 2.60. The van der Waals surface area contributed by atoms with Gasteiger partial charge < -0.3 is 25.1 Å². The molecule has 31 heavy (non-hydrogen) atoms. The van der Waals surface area contributed by atoms with Gasteiger partial charge in [-0.2, -0.15) is 10.4 Å². The van der Waals surface area contributed by atoms with E-state index in [1.54, 1.807) is 6.07 Å². The van der Waals surface area contributed by atoms with Crippen LogP contribution in [0.25, 0.3) is 5.52 Å². The number of nitrogens with zero attached hydrogens (tertiary/aromatic N) is 4. The minimum Gasteiger partial charge on any atom is -0.463 e. The van der Waals surface area contributed by atoms with Gasteiger partial charge in [0.15, 0.2) is 11.9 Å². The van der Waals surface area contributed by atoms with E-state index in [0.29, 0.717) is 0 Å². The molecule has 11 nitrogen and oxygen atoms in total. The number of nitrogens with two attached hydrogens (primary N) is 1. The van der Waals surface area contributed by atoms with Crippen LogP contribution < -0.4 is 5.73 Å². The van der Waals surface area contributed by atoms with Gasteiger partial charge in [-0.25, -0.2) is 9.50 Å². The average molecular weight is 434 g/mol. The number of carbonyl (C=O) groups is 2. The lowest BCUT2D eigenvalue weighted by Gasteiger charge is -2.25. The van der Waals surface area contributed by atoms with Crippen molar-refractivity contribution in [3.63, 3.8) is 0 Å². The van der Waals surface area contributed by atoms with Crippen LogP contribution in [0.15, 0.2) is 18.4 Å². The second-order valence-electron chi connectivity index (χ2n) is 7.66. The molecule has 0 spiro atoms. The van der Waals surface area contributed by atoms with Gasteiger partial charge in [0, 0.05) is 0 Å². The molecule has 0 aromatic carbocycles. The summed E-state index contributed by atoms with van der Waals surface area (Å²) in [7, 11) is 0. The lowest BCUT2D eigenvalue weighted by atomic mass is 9.92. The molecular weight excluding hydrogens is 406 g/mol. The van der Waals surface area contributed by atoms with Crippen molar-refractivity contribution in [2.75, 3.05) is 12.3 Å². The summed E-state index contributed by atoms with van der Waals surface area (Å²) in [6, 6.07) is 2.77. The summed E-state index contributed by atoms with van der Waals surface area (Å²) in [6.07, 6.45) is -4.53. The van der Waals surface area contributed by atoms with Crippen LogP contribution in [-0.2, 0) is 29.4 Å². The number of nitriles is 1. The van der Waals surface area contributed by atoms with E-state index in [0.717, 1.165) is 16.9 Å². The predicted molar refractivity (Wildman–Crippen MR) is 106 cm³/mol. The molecule has 0 unspecified atom stereocenters. The van der Waals surface area contributed by atoms with Crippen LogP contribution >= 0.6 is 0 Å². The highest BCUT2D eigenvalue weighted by Crippen LogP contribution is 2.42. The molecule has 0 radical (unpaired) electrons. The number of hydrogen-bond donors (Lipinski definition) is 2. The van der Waals surface area contributed by atoms with Gasteiger partial charge in [-0.3, -0.25) is 9.59 Å². The number of carbonyl (C=O) groups excluding carboxylic acids is 2. The molecule has 0 bridgehead atoms. The summed E-state index contributed by atoms with van der Waals surface area (Å²) in [4.78, 5) is 28.3. The zero-order chi connectivity index (χ0) is 25.6. The van der Waals surface area contributed by atoms with Crippen LogP contribution in [0.2, 0.25) is 0 Å². The third-order valence-electron chi connectivity index (χ3n) is 4.75. The summed E-state index contributed by atoms with van der Waals surface area (Å²) >= 11 is 0. The quantitative estimate of drug-likeness (QED) is 0.614. The van der Waals surface area contributed by atoms with Crippen LogP contribution in [0.4, 0.5) is 5.82 Å². The van der Waals surface area contributed by atoms with Crippen LogP contribution in [0.1, 0.15) is 37.5 Å². The molecular formula is C20H25N5O6. The number of nitrogen functional groups attached to an aromatic ring is 1. The van der Waals surface area contributed by atoms with Crippen LogP contribution in [0.5, 0.6) is 0 Å². The molecule has 1 aliphatic heterocycles. The molecule has 1 saturated heterocycles. The Morgan fingerprint density at radius 2 is 2.13 bits per heavy atom. The molecule has 166 valence electrons. The first-order valence-electron chi connectivity index (χ1n) is 11.1. The molecule has 11 heteroatoms. The monoisotopic (exact) mass is 434 g/mol. The number of rotatable bonds is 6. The van der Waals surface area contributed by atoms with E-state index in [9.17, 15) is 20.0 Å². The Hall–Kier alpha value is -3.23. The molecule has 1 aliphatic rings. The molecule has 0 aliphatic carbocycles. The van der Waals surface area contributed by atoms with Gasteiger partial charge >= 0.3 is 11.9 Å². The summed E-state index contributed by atoms with van der Waals surface area (Å²) in [5, 5.41) is 25.3. The number of anilines is 1. The van der Waals surface area contributed by atoms with Crippen molar-refractivity contribution < 1.29 is 33.0 Å². The Morgan fingerprint density at radius 3 is 2.74 bits per heavy atom. The third kappa shape index (κ3) is 3.92. The molecule has 1 fully saturated rings. The lowest BCUT2D eigenvalue weighted by Crippen LogP contribution is -2.43. The van der Waals surface area contributed by atoms with E-state index in [2.05, 4.69) is 10.1 Å². The van der Waals surface area contributed by atoms with Crippen molar-refractivity contribution in [1.29, 1.82) is 5.26 Å². The first kappa shape index (κ1) is 18.5. The highest BCUT2D eigenvalue weighted by atomic mass is 16.6. The second kappa shape index (κ2) is 8.49. The van der Waals surface area contributed by atoms with E-state index in [1.165, 1.54) is 27.7 Å². The number of ether oxygens (including phenoxy) is 3. The molecule has 2 aromatic rings. The SMILES string of the molecule is [2H]c1cc([C@]2(C#N)O[C@H](C([2H])([2H])OC(=O)C(C)C)[C@@H](OC(=O)C(C)C)[C@H]2O)n2ncnc(N)c12. The number of aliphatic hydroxyl groups is 1. The van der Waals surface area contributed by atoms with E-state index < -0.39 is 54.2 Å². The van der Waals surface area contributed by atoms with Gasteiger partial charge in [-0.15, -0.1) is 0 Å². The predicted octanol–water partition coefficient (Wildman–Crippen LogP) is 0.557. The summed E-state index contributed by atoms with van der Waals surface area (Å²) in [5.41, 5.74) is 3.32. The van der Waals surface area contributed by atoms with Crippen molar-refractivity contribution in [1.82, 2.24) is 14.6 Å². The summed E-state index contributed by atoms with van der Waals surface area (Å²) < 4.78 is 42.0. The normalized spacial score (nSPS) is 27.5. The number of aromatic nitrogens is 3. The van der Waals surface area contributed by atoms with Gasteiger partial charge in [0.25, 0.3) is 0 Å². The number of aliphatic hydroxyl groups excluding tert-OH is 1. The Balaban J connectivity index is 2.17. The molecule has 4 atom stereocenters. The van der Waals surface area contributed by atoms with Crippen molar-refractivity contribution in [3.05, 3.63) is 24.1 Å². The smallest absolute Gasteiger partial charge is 0.308 e. The fourth-order valence-electron chi connectivity index (χ4n) is 2.96. The van der Waals surface area contributed by atoms with Gasteiger partial charge in [0.05, 0.1) is 21.6 Å². The largest absolute Gasteiger partial charge is 0.463 e. The molecule has 0 saturated carbocycles. The first-order valence-corrected chi connectivity index (χ1v) is 9.56. The zero-order valence-electron chi connectivity index (χ0n) is 20.4. The Morgan fingerprint density at radius 1 is 1.45 bits per heavy atom. The fraction of sp³-hybridized carbons (Fsp3) is 0.550. The number of esters is 2. The fourth-order valence-corrected chi connectivity index (χ4v) is 2.96. The maximum atomic E-state index is 12.4. The maximum absolute atomic E-state index is 12.4. The number of fused-ring (bicyclic) bond motifs is 1. The van der Waals surface area contributed by atoms with Crippen LogP contribution in [0, 0.1) is 23.2 Å². The van der Waals surface area contributed by atoms with Crippen molar-refractivity contribution >= 4 is 23.3 Å². The average Bonchev–Trinajstić information content (AvgIpc) is 3.24. The van der Waals surface area contributed by atoms with Gasteiger partial charge in [0.2, 0.25) is 5.60 Å². The van der Waals surface area contributed by atoms with E-state index in [4.69, 9.17) is 24.1 Å². The zero-order valence-corrected chi connectivity index (χ0v) is 17.4. The molecule has 2 aromatic heterocycles. The second-order valence-corrected chi connectivity index (χ2v) is 7.66. The lowest BCUT2D eigenvalue weighted by molar-refractivity contribution is -0.164. The van der Waals surface area contributed by atoms with E-state index in [1.807, 2.05) is 0 Å². The van der Waals surface area contributed by atoms with E-state index in [-0.39, 0.29) is 23.1 Å². The molecule has 0 amide bonds. The Bertz CT molecular complexity index is 1160.